The fraction of sp³-hybridized carbons (Fsp3) is 1.00. The molecule has 15 heavy (non-hydrogen) atoms. The Labute approximate surface area is 94.8 Å². The van der Waals surface area contributed by atoms with Crippen molar-refractivity contribution in [2.24, 2.45) is 29.1 Å². The molecular weight excluding hydrogens is 180 g/mol. The van der Waals surface area contributed by atoms with Gasteiger partial charge < -0.3 is 0 Å². The van der Waals surface area contributed by atoms with E-state index in [0.29, 0.717) is 0 Å². The molecule has 4 aliphatic rings. The summed E-state index contributed by atoms with van der Waals surface area (Å²) in [5, 5.41) is 0. The zero-order chi connectivity index (χ0) is 10.5. The van der Waals surface area contributed by atoms with Crippen molar-refractivity contribution in [3.63, 3.8) is 0 Å². The van der Waals surface area contributed by atoms with E-state index in [2.05, 4.69) is 13.8 Å². The SMILES string of the molecule is CCCCC1C2CC3CC1CC(C)(C3)C2. The summed E-state index contributed by atoms with van der Waals surface area (Å²) in [7, 11) is 0. The lowest BCUT2D eigenvalue weighted by molar-refractivity contribution is -0.0887. The lowest BCUT2D eigenvalue weighted by Gasteiger charge is -2.59. The lowest BCUT2D eigenvalue weighted by Crippen LogP contribution is -2.49. The largest absolute Gasteiger partial charge is 0.0654 e. The molecule has 0 saturated heterocycles. The molecule has 0 N–H and O–H groups in total. The second-order valence-electron chi connectivity index (χ2n) is 7.09. The van der Waals surface area contributed by atoms with Crippen LogP contribution in [0.1, 0.15) is 65.2 Å². The molecule has 0 aromatic rings. The highest BCUT2D eigenvalue weighted by molar-refractivity contribution is 5.02. The topological polar surface area (TPSA) is 0 Å². The fourth-order valence-corrected chi connectivity index (χ4v) is 5.45. The van der Waals surface area contributed by atoms with Gasteiger partial charge in [-0.15, -0.1) is 0 Å². The number of hydrogen-bond acceptors (Lipinski definition) is 0. The van der Waals surface area contributed by atoms with Gasteiger partial charge in [0.1, 0.15) is 0 Å². The van der Waals surface area contributed by atoms with Crippen LogP contribution in [-0.2, 0) is 0 Å². The van der Waals surface area contributed by atoms with Gasteiger partial charge in [-0.3, -0.25) is 0 Å². The Balaban J connectivity index is 1.73. The van der Waals surface area contributed by atoms with Gasteiger partial charge in [0, 0.05) is 0 Å². The van der Waals surface area contributed by atoms with E-state index in [9.17, 15) is 0 Å². The maximum Gasteiger partial charge on any atom is -0.0318 e. The van der Waals surface area contributed by atoms with Gasteiger partial charge in [0.2, 0.25) is 0 Å². The van der Waals surface area contributed by atoms with Crippen LogP contribution in [0.5, 0.6) is 0 Å². The van der Waals surface area contributed by atoms with Crippen molar-refractivity contribution in [3.05, 3.63) is 0 Å². The van der Waals surface area contributed by atoms with E-state index in [0.717, 1.165) is 29.1 Å². The van der Waals surface area contributed by atoms with E-state index < -0.39 is 0 Å². The second kappa shape index (κ2) is 3.50. The van der Waals surface area contributed by atoms with Crippen molar-refractivity contribution in [1.82, 2.24) is 0 Å². The summed E-state index contributed by atoms with van der Waals surface area (Å²) in [6, 6.07) is 0. The highest BCUT2D eigenvalue weighted by Crippen LogP contribution is 2.62. The standard InChI is InChI=1S/C15H26/c1-3-4-5-14-12-6-11-7-13(14)10-15(2,8-11)9-12/h11-14H,3-10H2,1-2H3. The molecule has 0 heterocycles. The molecule has 4 bridgehead atoms. The van der Waals surface area contributed by atoms with Gasteiger partial charge in [0.25, 0.3) is 0 Å². The van der Waals surface area contributed by atoms with E-state index in [1.807, 2.05) is 0 Å². The molecule has 0 aromatic heterocycles. The van der Waals surface area contributed by atoms with Gasteiger partial charge in [-0.05, 0) is 67.6 Å². The summed E-state index contributed by atoms with van der Waals surface area (Å²) in [6.07, 6.45) is 12.4. The van der Waals surface area contributed by atoms with Crippen LogP contribution in [0.4, 0.5) is 0 Å². The summed E-state index contributed by atoms with van der Waals surface area (Å²) in [6.45, 7) is 4.92. The summed E-state index contributed by atoms with van der Waals surface area (Å²) in [4.78, 5) is 0. The van der Waals surface area contributed by atoms with Gasteiger partial charge in [-0.1, -0.05) is 26.7 Å². The van der Waals surface area contributed by atoms with E-state index >= 15 is 0 Å². The van der Waals surface area contributed by atoms with E-state index in [4.69, 9.17) is 0 Å². The first-order chi connectivity index (χ1) is 7.20. The second-order valence-corrected chi connectivity index (χ2v) is 7.09. The smallest absolute Gasteiger partial charge is 0.0318 e. The molecule has 4 fully saturated rings. The first-order valence-corrected chi connectivity index (χ1v) is 7.20. The van der Waals surface area contributed by atoms with Crippen molar-refractivity contribution in [2.75, 3.05) is 0 Å². The Morgan fingerprint density at radius 3 is 2.27 bits per heavy atom. The molecule has 0 heteroatoms. The van der Waals surface area contributed by atoms with E-state index in [-0.39, 0.29) is 0 Å². The maximum atomic E-state index is 2.58. The van der Waals surface area contributed by atoms with Crippen molar-refractivity contribution in [2.45, 2.75) is 65.2 Å². The van der Waals surface area contributed by atoms with Crippen LogP contribution in [0.15, 0.2) is 0 Å². The van der Waals surface area contributed by atoms with Crippen LogP contribution in [0.2, 0.25) is 0 Å². The van der Waals surface area contributed by atoms with Gasteiger partial charge >= 0.3 is 0 Å². The highest BCUT2D eigenvalue weighted by Gasteiger charge is 2.52. The van der Waals surface area contributed by atoms with Crippen LogP contribution >= 0.6 is 0 Å². The number of rotatable bonds is 3. The Kier molecular flexibility index (Phi) is 2.37. The molecule has 2 atom stereocenters. The first-order valence-electron chi connectivity index (χ1n) is 7.20. The van der Waals surface area contributed by atoms with Crippen molar-refractivity contribution < 1.29 is 0 Å². The molecule has 0 radical (unpaired) electrons. The number of unbranched alkanes of at least 4 members (excludes halogenated alkanes) is 1. The average molecular weight is 206 g/mol. The van der Waals surface area contributed by atoms with Crippen LogP contribution in [0.25, 0.3) is 0 Å². The molecule has 2 unspecified atom stereocenters. The molecule has 4 saturated carbocycles. The maximum absolute atomic E-state index is 2.58. The van der Waals surface area contributed by atoms with Crippen LogP contribution < -0.4 is 0 Å². The van der Waals surface area contributed by atoms with Crippen molar-refractivity contribution in [1.29, 1.82) is 0 Å². The Bertz CT molecular complexity index is 226. The Morgan fingerprint density at radius 1 is 1.07 bits per heavy atom. The van der Waals surface area contributed by atoms with Crippen molar-refractivity contribution >= 4 is 0 Å². The monoisotopic (exact) mass is 206 g/mol. The molecule has 0 amide bonds. The fourth-order valence-electron chi connectivity index (χ4n) is 5.45. The Morgan fingerprint density at radius 2 is 1.73 bits per heavy atom. The van der Waals surface area contributed by atoms with E-state index in [1.165, 1.54) is 12.8 Å². The number of hydrogen-bond donors (Lipinski definition) is 0. The minimum absolute atomic E-state index is 0.777. The van der Waals surface area contributed by atoms with Crippen LogP contribution in [0.3, 0.4) is 0 Å². The highest BCUT2D eigenvalue weighted by atomic mass is 14.6. The average Bonchev–Trinajstić information content (AvgIpc) is 2.14. The Hall–Kier alpha value is 0. The van der Waals surface area contributed by atoms with Gasteiger partial charge in [0.15, 0.2) is 0 Å². The minimum Gasteiger partial charge on any atom is -0.0654 e. The molecule has 0 spiro atoms. The van der Waals surface area contributed by atoms with Gasteiger partial charge in [-0.25, -0.2) is 0 Å². The molecular formula is C15H26. The summed E-state index contributed by atoms with van der Waals surface area (Å²) in [5.41, 5.74) is 0.777. The van der Waals surface area contributed by atoms with Crippen molar-refractivity contribution in [3.8, 4) is 0 Å². The summed E-state index contributed by atoms with van der Waals surface area (Å²) < 4.78 is 0. The zero-order valence-corrected chi connectivity index (χ0v) is 10.5. The van der Waals surface area contributed by atoms with Crippen LogP contribution in [-0.4, -0.2) is 0 Å². The summed E-state index contributed by atoms with van der Waals surface area (Å²) >= 11 is 0. The van der Waals surface area contributed by atoms with Gasteiger partial charge in [0.05, 0.1) is 0 Å². The van der Waals surface area contributed by atoms with E-state index in [1.54, 1.807) is 38.5 Å². The third-order valence-corrected chi connectivity index (χ3v) is 5.67. The molecule has 0 aliphatic heterocycles. The first kappa shape index (κ1) is 10.2. The summed E-state index contributed by atoms with van der Waals surface area (Å²) in [5.74, 6) is 4.53. The quantitative estimate of drug-likeness (QED) is 0.631. The molecule has 4 aliphatic carbocycles. The predicted octanol–water partition coefficient (Wildman–Crippen LogP) is 4.64. The molecule has 86 valence electrons. The molecule has 4 rings (SSSR count). The lowest BCUT2D eigenvalue weighted by atomic mass is 9.46. The zero-order valence-electron chi connectivity index (χ0n) is 10.5. The third kappa shape index (κ3) is 1.65. The normalized spacial score (nSPS) is 52.4. The minimum atomic E-state index is 0.777. The third-order valence-electron chi connectivity index (χ3n) is 5.67. The molecule has 0 aromatic carbocycles. The predicted molar refractivity (Wildman–Crippen MR) is 64.7 cm³/mol. The molecule has 0 nitrogen and oxygen atoms in total. The van der Waals surface area contributed by atoms with Gasteiger partial charge in [-0.2, -0.15) is 0 Å². The van der Waals surface area contributed by atoms with Crippen LogP contribution in [0, 0.1) is 29.1 Å².